The van der Waals surface area contributed by atoms with Crippen LogP contribution in [0.1, 0.15) is 0 Å². The van der Waals surface area contributed by atoms with Gasteiger partial charge in [0.05, 0.1) is 11.0 Å². The van der Waals surface area contributed by atoms with Crippen LogP contribution in [-0.2, 0) is 0 Å². The highest BCUT2D eigenvalue weighted by Gasteiger charge is 2.19. The van der Waals surface area contributed by atoms with E-state index in [0.29, 0.717) is 17.5 Å². The second kappa shape index (κ2) is 11.6. The molecule has 10 rings (SSSR count). The van der Waals surface area contributed by atoms with Crippen molar-refractivity contribution in [3.63, 3.8) is 0 Å². The molecule has 0 N–H and O–H groups in total. The lowest BCUT2D eigenvalue weighted by atomic mass is 9.95. The molecular weight excluding hydrogens is 629 g/mol. The fourth-order valence-electron chi connectivity index (χ4n) is 7.14. The number of hydrogen-bond acceptors (Lipinski definition) is 4. The zero-order valence-electron chi connectivity index (χ0n) is 26.9. The SMILES string of the molecule is c1ccc(-c2nc(-c3ccccc3)nc(-c3cc(-c4ccc5c(c4)c4ccccc4n5-c4ccccc4)c4c(c3)sc3ccccc34)n2)cc1. The molecule has 0 atom stereocenters. The van der Waals surface area contributed by atoms with Crippen LogP contribution >= 0.6 is 11.3 Å². The van der Waals surface area contributed by atoms with Gasteiger partial charge in [-0.2, -0.15) is 0 Å². The standard InChI is InChI=1S/C45H28N4S/c1-4-14-29(15-5-1)43-46-44(30-16-6-2-7-17-30)48-45(47-43)32-27-36(42-35-21-11-13-23-40(35)50-41(42)28-32)31-24-25-39-37(26-31)34-20-10-12-22-38(34)49(39)33-18-8-3-9-19-33/h1-28H. The van der Waals surface area contributed by atoms with Crippen LogP contribution in [0.3, 0.4) is 0 Å². The molecule has 7 aromatic carbocycles. The molecule has 0 radical (unpaired) electrons. The van der Waals surface area contributed by atoms with Gasteiger partial charge in [-0.05, 0) is 59.7 Å². The van der Waals surface area contributed by atoms with E-state index in [-0.39, 0.29) is 0 Å². The lowest BCUT2D eigenvalue weighted by Crippen LogP contribution is -2.00. The summed E-state index contributed by atoms with van der Waals surface area (Å²) >= 11 is 1.81. The largest absolute Gasteiger partial charge is 0.309 e. The number of benzene rings is 7. The molecule has 0 spiro atoms. The van der Waals surface area contributed by atoms with Gasteiger partial charge in [-0.15, -0.1) is 11.3 Å². The van der Waals surface area contributed by atoms with E-state index in [2.05, 4.69) is 138 Å². The monoisotopic (exact) mass is 656 g/mol. The van der Waals surface area contributed by atoms with Gasteiger partial charge in [-0.25, -0.2) is 15.0 Å². The average Bonchev–Trinajstić information content (AvgIpc) is 3.74. The van der Waals surface area contributed by atoms with Gasteiger partial charge >= 0.3 is 0 Å². The first-order valence-electron chi connectivity index (χ1n) is 16.7. The number of rotatable bonds is 5. The lowest BCUT2D eigenvalue weighted by molar-refractivity contribution is 1.07. The number of hydrogen-bond donors (Lipinski definition) is 0. The highest BCUT2D eigenvalue weighted by molar-refractivity contribution is 7.26. The molecule has 0 aliphatic heterocycles. The number of nitrogens with zero attached hydrogens (tertiary/aromatic N) is 4. The van der Waals surface area contributed by atoms with E-state index < -0.39 is 0 Å². The van der Waals surface area contributed by atoms with Crippen LogP contribution in [0.25, 0.3) is 93.0 Å². The minimum Gasteiger partial charge on any atom is -0.309 e. The Morgan fingerprint density at radius 2 is 0.940 bits per heavy atom. The van der Waals surface area contributed by atoms with E-state index in [9.17, 15) is 0 Å². The third-order valence-electron chi connectivity index (χ3n) is 9.43. The molecule has 5 heteroatoms. The van der Waals surface area contributed by atoms with Crippen molar-refractivity contribution in [1.82, 2.24) is 19.5 Å². The minimum atomic E-state index is 0.653. The van der Waals surface area contributed by atoms with Crippen molar-refractivity contribution in [3.8, 4) is 51.0 Å². The highest BCUT2D eigenvalue weighted by atomic mass is 32.1. The number of para-hydroxylation sites is 2. The molecule has 0 aliphatic carbocycles. The smallest absolute Gasteiger partial charge is 0.164 e. The number of fused-ring (bicyclic) bond motifs is 6. The van der Waals surface area contributed by atoms with Crippen molar-refractivity contribution in [2.24, 2.45) is 0 Å². The third-order valence-corrected chi connectivity index (χ3v) is 10.6. The first-order valence-corrected chi connectivity index (χ1v) is 17.5. The van der Waals surface area contributed by atoms with E-state index in [1.807, 2.05) is 47.7 Å². The third kappa shape index (κ3) is 4.71. The van der Waals surface area contributed by atoms with Gasteiger partial charge in [0.25, 0.3) is 0 Å². The van der Waals surface area contributed by atoms with E-state index >= 15 is 0 Å². The summed E-state index contributed by atoms with van der Waals surface area (Å²) in [7, 11) is 0. The van der Waals surface area contributed by atoms with Crippen LogP contribution < -0.4 is 0 Å². The van der Waals surface area contributed by atoms with Crippen molar-refractivity contribution in [2.75, 3.05) is 0 Å². The Balaban J connectivity index is 1.24. The summed E-state index contributed by atoms with van der Waals surface area (Å²) in [5, 5.41) is 4.96. The summed E-state index contributed by atoms with van der Waals surface area (Å²) in [5.74, 6) is 1.96. The van der Waals surface area contributed by atoms with E-state index in [0.717, 1.165) is 33.5 Å². The van der Waals surface area contributed by atoms with E-state index in [4.69, 9.17) is 15.0 Å². The maximum Gasteiger partial charge on any atom is 0.164 e. The highest BCUT2D eigenvalue weighted by Crippen LogP contribution is 2.44. The summed E-state index contributed by atoms with van der Waals surface area (Å²) < 4.78 is 4.82. The molecule has 50 heavy (non-hydrogen) atoms. The van der Waals surface area contributed by atoms with Crippen LogP contribution in [-0.4, -0.2) is 19.5 Å². The van der Waals surface area contributed by atoms with Crippen LogP contribution in [0.15, 0.2) is 170 Å². The van der Waals surface area contributed by atoms with Gasteiger partial charge in [0.15, 0.2) is 17.5 Å². The predicted octanol–water partition coefficient (Wildman–Crippen LogP) is 12.0. The Labute approximate surface area is 292 Å². The van der Waals surface area contributed by atoms with Gasteiger partial charge in [-0.3, -0.25) is 0 Å². The topological polar surface area (TPSA) is 43.6 Å². The Kier molecular flexibility index (Phi) is 6.64. The first kappa shape index (κ1) is 28.6. The Morgan fingerprint density at radius 3 is 1.64 bits per heavy atom. The summed E-state index contributed by atoms with van der Waals surface area (Å²) in [6.07, 6.45) is 0. The predicted molar refractivity (Wildman–Crippen MR) is 209 cm³/mol. The maximum atomic E-state index is 5.10. The first-order chi connectivity index (χ1) is 24.8. The van der Waals surface area contributed by atoms with Crippen LogP contribution in [0.4, 0.5) is 0 Å². The van der Waals surface area contributed by atoms with Gasteiger partial charge < -0.3 is 4.57 Å². The van der Waals surface area contributed by atoms with Crippen molar-refractivity contribution in [3.05, 3.63) is 170 Å². The van der Waals surface area contributed by atoms with Gasteiger partial charge in [-0.1, -0.05) is 121 Å². The molecule has 10 aromatic rings. The summed E-state index contributed by atoms with van der Waals surface area (Å²) in [5.41, 5.74) is 8.72. The van der Waals surface area contributed by atoms with Gasteiger partial charge in [0.1, 0.15) is 0 Å². The molecule has 3 heterocycles. The quantitative estimate of drug-likeness (QED) is 0.185. The molecule has 4 nitrogen and oxygen atoms in total. The molecule has 0 amide bonds. The zero-order chi connectivity index (χ0) is 33.0. The minimum absolute atomic E-state index is 0.653. The molecule has 0 fully saturated rings. The second-order valence-electron chi connectivity index (χ2n) is 12.5. The second-order valence-corrected chi connectivity index (χ2v) is 13.5. The molecule has 0 saturated heterocycles. The molecule has 0 unspecified atom stereocenters. The van der Waals surface area contributed by atoms with Gasteiger partial charge in [0.2, 0.25) is 0 Å². The Hall–Kier alpha value is -6.43. The van der Waals surface area contributed by atoms with Crippen molar-refractivity contribution < 1.29 is 0 Å². The molecular formula is C45H28N4S. The van der Waals surface area contributed by atoms with Crippen molar-refractivity contribution in [1.29, 1.82) is 0 Å². The summed E-state index contributed by atoms with van der Waals surface area (Å²) in [6.45, 7) is 0. The normalized spacial score (nSPS) is 11.6. The van der Waals surface area contributed by atoms with Gasteiger partial charge in [0, 0.05) is 53.3 Å². The Bertz CT molecular complexity index is 2800. The average molecular weight is 657 g/mol. The Morgan fingerprint density at radius 1 is 0.380 bits per heavy atom. The van der Waals surface area contributed by atoms with E-state index in [1.165, 1.54) is 42.0 Å². The summed E-state index contributed by atoms with van der Waals surface area (Å²) in [6, 6.07) is 59.7. The lowest BCUT2D eigenvalue weighted by Gasteiger charge is -2.12. The molecule has 0 aliphatic rings. The molecule has 0 bridgehead atoms. The van der Waals surface area contributed by atoms with Crippen LogP contribution in [0, 0.1) is 0 Å². The van der Waals surface area contributed by atoms with Crippen molar-refractivity contribution in [2.45, 2.75) is 0 Å². The number of aromatic nitrogens is 4. The fourth-order valence-corrected chi connectivity index (χ4v) is 8.32. The van der Waals surface area contributed by atoms with Crippen LogP contribution in [0.2, 0.25) is 0 Å². The molecule has 0 saturated carbocycles. The molecule has 3 aromatic heterocycles. The number of thiophene rings is 1. The summed E-state index contributed by atoms with van der Waals surface area (Å²) in [4.78, 5) is 15.1. The maximum absolute atomic E-state index is 5.10. The zero-order valence-corrected chi connectivity index (χ0v) is 27.7. The van der Waals surface area contributed by atoms with Crippen molar-refractivity contribution >= 4 is 53.3 Å². The van der Waals surface area contributed by atoms with E-state index in [1.54, 1.807) is 0 Å². The molecule has 234 valence electrons. The van der Waals surface area contributed by atoms with Crippen LogP contribution in [0.5, 0.6) is 0 Å². The fraction of sp³-hybridized carbons (Fsp3) is 0.